The van der Waals surface area contributed by atoms with E-state index in [9.17, 15) is 9.50 Å². The third kappa shape index (κ3) is 2.21. The Labute approximate surface area is 82.3 Å². The molecule has 0 aliphatic heterocycles. The first-order valence-corrected chi connectivity index (χ1v) is 4.33. The van der Waals surface area contributed by atoms with Crippen LogP contribution in [0.5, 0.6) is 5.75 Å². The van der Waals surface area contributed by atoms with Crippen molar-refractivity contribution in [3.63, 3.8) is 0 Å². The van der Waals surface area contributed by atoms with Crippen LogP contribution in [0.3, 0.4) is 0 Å². The molecule has 0 spiro atoms. The molecule has 1 unspecified atom stereocenters. The Kier molecular flexibility index (Phi) is 3.43. The highest BCUT2D eigenvalue weighted by molar-refractivity contribution is 5.31. The van der Waals surface area contributed by atoms with Gasteiger partial charge in [0.05, 0.1) is 19.3 Å². The molecule has 0 aromatic heterocycles. The van der Waals surface area contributed by atoms with E-state index in [0.717, 1.165) is 0 Å². The standard InChI is InChI=1S/C10H14FNO2/c1-6(13)10(12)7-3-4-9(14-2)8(11)5-7/h3-6,10,13H,12H2,1-2H3/t6?,10-/m0/s1. The van der Waals surface area contributed by atoms with Crippen LogP contribution in [-0.4, -0.2) is 18.3 Å². The molecule has 0 bridgehead atoms. The van der Waals surface area contributed by atoms with Gasteiger partial charge in [0.25, 0.3) is 0 Å². The molecule has 0 heterocycles. The first-order chi connectivity index (χ1) is 6.56. The van der Waals surface area contributed by atoms with E-state index in [1.807, 2.05) is 0 Å². The van der Waals surface area contributed by atoms with Gasteiger partial charge in [-0.05, 0) is 24.6 Å². The highest BCUT2D eigenvalue weighted by Crippen LogP contribution is 2.22. The molecule has 0 fully saturated rings. The van der Waals surface area contributed by atoms with Crippen molar-refractivity contribution in [2.24, 2.45) is 5.73 Å². The summed E-state index contributed by atoms with van der Waals surface area (Å²) in [5.74, 6) is -0.298. The molecule has 1 rings (SSSR count). The van der Waals surface area contributed by atoms with Gasteiger partial charge in [-0.2, -0.15) is 0 Å². The van der Waals surface area contributed by atoms with E-state index in [2.05, 4.69) is 0 Å². The zero-order valence-electron chi connectivity index (χ0n) is 8.20. The molecule has 3 N–H and O–H groups in total. The van der Waals surface area contributed by atoms with Gasteiger partial charge in [-0.25, -0.2) is 4.39 Å². The Morgan fingerprint density at radius 2 is 2.14 bits per heavy atom. The molecule has 1 aromatic rings. The van der Waals surface area contributed by atoms with Gasteiger partial charge >= 0.3 is 0 Å². The minimum atomic E-state index is -0.706. The summed E-state index contributed by atoms with van der Waals surface area (Å²) in [6.45, 7) is 1.56. The lowest BCUT2D eigenvalue weighted by Gasteiger charge is -2.15. The van der Waals surface area contributed by atoms with Crippen LogP contribution in [0.2, 0.25) is 0 Å². The molecular formula is C10H14FNO2. The molecule has 2 atom stereocenters. The number of halogens is 1. The van der Waals surface area contributed by atoms with Crippen LogP contribution in [-0.2, 0) is 0 Å². The summed E-state index contributed by atoms with van der Waals surface area (Å²) < 4.78 is 18.0. The first kappa shape index (κ1) is 10.9. The second kappa shape index (κ2) is 4.39. The lowest BCUT2D eigenvalue weighted by Crippen LogP contribution is -2.23. The van der Waals surface area contributed by atoms with Crippen molar-refractivity contribution < 1.29 is 14.2 Å². The smallest absolute Gasteiger partial charge is 0.165 e. The van der Waals surface area contributed by atoms with Gasteiger partial charge in [-0.3, -0.25) is 0 Å². The fourth-order valence-electron chi connectivity index (χ4n) is 1.17. The van der Waals surface area contributed by atoms with Crippen LogP contribution >= 0.6 is 0 Å². The van der Waals surface area contributed by atoms with Crippen LogP contribution < -0.4 is 10.5 Å². The van der Waals surface area contributed by atoms with E-state index in [1.54, 1.807) is 13.0 Å². The molecule has 14 heavy (non-hydrogen) atoms. The summed E-state index contributed by atoms with van der Waals surface area (Å²) in [5, 5.41) is 9.21. The van der Waals surface area contributed by atoms with Crippen molar-refractivity contribution in [3.05, 3.63) is 29.6 Å². The molecule has 4 heteroatoms. The molecule has 3 nitrogen and oxygen atoms in total. The number of aliphatic hydroxyl groups excluding tert-OH is 1. The summed E-state index contributed by atoms with van der Waals surface area (Å²) in [7, 11) is 1.40. The maximum absolute atomic E-state index is 13.2. The molecular weight excluding hydrogens is 185 g/mol. The molecule has 0 aliphatic carbocycles. The number of nitrogens with two attached hydrogens (primary N) is 1. The molecule has 0 saturated carbocycles. The third-order valence-electron chi connectivity index (χ3n) is 2.08. The quantitative estimate of drug-likeness (QED) is 0.769. The van der Waals surface area contributed by atoms with E-state index < -0.39 is 18.0 Å². The summed E-state index contributed by atoms with van der Waals surface area (Å²) in [4.78, 5) is 0. The minimum absolute atomic E-state index is 0.173. The number of ether oxygens (including phenoxy) is 1. The average molecular weight is 199 g/mol. The van der Waals surface area contributed by atoms with Gasteiger partial charge in [0.1, 0.15) is 0 Å². The molecule has 0 amide bonds. The number of hydrogen-bond acceptors (Lipinski definition) is 3. The number of methoxy groups -OCH3 is 1. The first-order valence-electron chi connectivity index (χ1n) is 4.33. The molecule has 0 radical (unpaired) electrons. The maximum Gasteiger partial charge on any atom is 0.165 e. The number of hydrogen-bond donors (Lipinski definition) is 2. The SMILES string of the molecule is COc1ccc([C@@H](N)C(C)O)cc1F. The molecule has 0 aliphatic rings. The minimum Gasteiger partial charge on any atom is -0.494 e. The Morgan fingerprint density at radius 1 is 1.50 bits per heavy atom. The summed E-state index contributed by atoms with van der Waals surface area (Å²) in [5.41, 5.74) is 6.19. The monoisotopic (exact) mass is 199 g/mol. The fraction of sp³-hybridized carbons (Fsp3) is 0.400. The zero-order valence-corrected chi connectivity index (χ0v) is 8.20. The van der Waals surface area contributed by atoms with E-state index in [4.69, 9.17) is 10.5 Å². The van der Waals surface area contributed by atoms with Gasteiger partial charge in [0.15, 0.2) is 11.6 Å². The second-order valence-electron chi connectivity index (χ2n) is 3.16. The van der Waals surface area contributed by atoms with Crippen molar-refractivity contribution in [2.45, 2.75) is 19.1 Å². The van der Waals surface area contributed by atoms with E-state index >= 15 is 0 Å². The summed E-state index contributed by atoms with van der Waals surface area (Å²) >= 11 is 0. The predicted octanol–water partition coefficient (Wildman–Crippen LogP) is 1.21. The number of rotatable bonds is 3. The lowest BCUT2D eigenvalue weighted by atomic mass is 10.0. The van der Waals surface area contributed by atoms with Crippen LogP contribution in [0, 0.1) is 5.82 Å². The summed E-state index contributed by atoms with van der Waals surface area (Å²) in [6.07, 6.45) is -0.706. The van der Waals surface area contributed by atoms with Crippen molar-refractivity contribution in [1.29, 1.82) is 0 Å². The molecule has 1 aromatic carbocycles. The third-order valence-corrected chi connectivity index (χ3v) is 2.08. The van der Waals surface area contributed by atoms with Crippen molar-refractivity contribution in [3.8, 4) is 5.75 Å². The normalized spacial score (nSPS) is 14.9. The Hall–Kier alpha value is -1.13. The van der Waals surface area contributed by atoms with Gasteiger partial charge < -0.3 is 15.6 Å². The number of benzene rings is 1. The van der Waals surface area contributed by atoms with Gasteiger partial charge in [0.2, 0.25) is 0 Å². The highest BCUT2D eigenvalue weighted by Gasteiger charge is 2.13. The lowest BCUT2D eigenvalue weighted by molar-refractivity contribution is 0.164. The van der Waals surface area contributed by atoms with Crippen molar-refractivity contribution in [1.82, 2.24) is 0 Å². The van der Waals surface area contributed by atoms with Crippen molar-refractivity contribution in [2.75, 3.05) is 7.11 Å². The van der Waals surface area contributed by atoms with E-state index in [1.165, 1.54) is 19.2 Å². The van der Waals surface area contributed by atoms with Gasteiger partial charge in [-0.1, -0.05) is 6.07 Å². The Bertz CT molecular complexity index is 315. The second-order valence-corrected chi connectivity index (χ2v) is 3.16. The Balaban J connectivity index is 2.96. The van der Waals surface area contributed by atoms with E-state index in [0.29, 0.717) is 5.56 Å². The largest absolute Gasteiger partial charge is 0.494 e. The Morgan fingerprint density at radius 3 is 2.57 bits per heavy atom. The van der Waals surface area contributed by atoms with Gasteiger partial charge in [0, 0.05) is 0 Å². The van der Waals surface area contributed by atoms with Crippen LogP contribution in [0.1, 0.15) is 18.5 Å². The van der Waals surface area contributed by atoms with Crippen LogP contribution in [0.4, 0.5) is 4.39 Å². The van der Waals surface area contributed by atoms with Crippen LogP contribution in [0.15, 0.2) is 18.2 Å². The average Bonchev–Trinajstić information content (AvgIpc) is 2.16. The predicted molar refractivity (Wildman–Crippen MR) is 51.6 cm³/mol. The summed E-state index contributed by atoms with van der Waals surface area (Å²) in [6, 6.07) is 3.83. The van der Waals surface area contributed by atoms with Crippen molar-refractivity contribution >= 4 is 0 Å². The van der Waals surface area contributed by atoms with Crippen LogP contribution in [0.25, 0.3) is 0 Å². The molecule has 78 valence electrons. The topological polar surface area (TPSA) is 55.5 Å². The van der Waals surface area contributed by atoms with Gasteiger partial charge in [-0.15, -0.1) is 0 Å². The highest BCUT2D eigenvalue weighted by atomic mass is 19.1. The molecule has 0 saturated heterocycles. The maximum atomic E-state index is 13.2. The number of aliphatic hydroxyl groups is 1. The van der Waals surface area contributed by atoms with E-state index in [-0.39, 0.29) is 5.75 Å². The fourth-order valence-corrected chi connectivity index (χ4v) is 1.17. The zero-order chi connectivity index (χ0) is 10.7.